The van der Waals surface area contributed by atoms with Crippen LogP contribution in [0.4, 0.5) is 0 Å². The number of rotatable bonds is 7. The van der Waals surface area contributed by atoms with Gasteiger partial charge in [0.05, 0.1) is 20.3 Å². The summed E-state index contributed by atoms with van der Waals surface area (Å²) in [5, 5.41) is 3.24. The average Bonchev–Trinajstić information content (AvgIpc) is 3.14. The molecule has 1 fully saturated rings. The predicted octanol–water partition coefficient (Wildman–Crippen LogP) is 3.65. The van der Waals surface area contributed by atoms with Gasteiger partial charge in [0.2, 0.25) is 5.91 Å². The molecule has 152 valence electrons. The fourth-order valence-electron chi connectivity index (χ4n) is 3.72. The number of hydrogen-bond donors (Lipinski definition) is 2. The third-order valence-corrected chi connectivity index (χ3v) is 5.25. The number of carbonyl (C=O) groups is 1. The van der Waals surface area contributed by atoms with Crippen molar-refractivity contribution in [3.63, 3.8) is 0 Å². The lowest BCUT2D eigenvalue weighted by Gasteiger charge is -2.22. The molecular weight excluding hydrogens is 376 g/mol. The van der Waals surface area contributed by atoms with Gasteiger partial charge in [-0.05, 0) is 48.9 Å². The van der Waals surface area contributed by atoms with Crippen LogP contribution in [0.2, 0.25) is 0 Å². The van der Waals surface area contributed by atoms with E-state index in [-0.39, 0.29) is 36.3 Å². The van der Waals surface area contributed by atoms with Crippen molar-refractivity contribution in [2.75, 3.05) is 14.2 Å². The Hall–Kier alpha value is -2.24. The number of nitrogens with one attached hydrogen (secondary N) is 1. The summed E-state index contributed by atoms with van der Waals surface area (Å²) >= 11 is 0. The molecule has 5 nitrogen and oxygen atoms in total. The number of amides is 1. The van der Waals surface area contributed by atoms with Crippen molar-refractivity contribution in [3.05, 3.63) is 59.7 Å². The maximum atomic E-state index is 12.8. The minimum absolute atomic E-state index is 0. The van der Waals surface area contributed by atoms with Gasteiger partial charge >= 0.3 is 0 Å². The van der Waals surface area contributed by atoms with E-state index in [1.165, 1.54) is 0 Å². The summed E-state index contributed by atoms with van der Waals surface area (Å²) in [5.74, 6) is 1.49. The molecular formula is C22H29ClN2O3. The molecule has 3 rings (SSSR count). The van der Waals surface area contributed by atoms with E-state index in [2.05, 4.69) is 5.32 Å². The van der Waals surface area contributed by atoms with Crippen molar-refractivity contribution >= 4 is 18.3 Å². The molecule has 28 heavy (non-hydrogen) atoms. The number of nitrogens with two attached hydrogens (primary N) is 1. The second-order valence-electron chi connectivity index (χ2n) is 7.14. The molecule has 3 N–H and O–H groups in total. The molecule has 0 spiro atoms. The van der Waals surface area contributed by atoms with Crippen LogP contribution in [0.1, 0.15) is 36.4 Å². The monoisotopic (exact) mass is 404 g/mol. The second kappa shape index (κ2) is 10.3. The predicted molar refractivity (Wildman–Crippen MR) is 113 cm³/mol. The van der Waals surface area contributed by atoms with E-state index in [4.69, 9.17) is 15.2 Å². The van der Waals surface area contributed by atoms with Crippen molar-refractivity contribution in [1.82, 2.24) is 5.32 Å². The lowest BCUT2D eigenvalue weighted by Crippen LogP contribution is -2.34. The molecule has 1 aliphatic carbocycles. The second-order valence-corrected chi connectivity index (χ2v) is 7.14. The Kier molecular flexibility index (Phi) is 8.15. The van der Waals surface area contributed by atoms with Gasteiger partial charge in [-0.1, -0.05) is 36.4 Å². The van der Waals surface area contributed by atoms with E-state index in [0.717, 1.165) is 30.4 Å². The van der Waals surface area contributed by atoms with Gasteiger partial charge in [0.15, 0.2) is 11.5 Å². The highest BCUT2D eigenvalue weighted by Crippen LogP contribution is 2.30. The summed E-state index contributed by atoms with van der Waals surface area (Å²) in [7, 11) is 3.25. The Bertz CT molecular complexity index is 770. The number of ether oxygens (including phenoxy) is 2. The first-order valence-corrected chi connectivity index (χ1v) is 9.42. The summed E-state index contributed by atoms with van der Waals surface area (Å²) in [6.45, 7) is 0. The Morgan fingerprint density at radius 3 is 2.43 bits per heavy atom. The van der Waals surface area contributed by atoms with Crippen LogP contribution in [0.15, 0.2) is 48.5 Å². The minimum atomic E-state index is -0.103. The summed E-state index contributed by atoms with van der Waals surface area (Å²) in [5.41, 5.74) is 8.14. The van der Waals surface area contributed by atoms with E-state index in [0.29, 0.717) is 17.9 Å². The zero-order valence-corrected chi connectivity index (χ0v) is 17.2. The molecule has 6 heteroatoms. The van der Waals surface area contributed by atoms with Gasteiger partial charge < -0.3 is 20.5 Å². The zero-order valence-electron chi connectivity index (χ0n) is 16.4. The highest BCUT2D eigenvalue weighted by molar-refractivity contribution is 5.85. The lowest BCUT2D eigenvalue weighted by atomic mass is 9.97. The van der Waals surface area contributed by atoms with Crippen LogP contribution in [0.25, 0.3) is 0 Å². The molecule has 1 saturated carbocycles. The van der Waals surface area contributed by atoms with Crippen LogP contribution in [-0.4, -0.2) is 26.2 Å². The third kappa shape index (κ3) is 5.40. The number of hydrogen-bond acceptors (Lipinski definition) is 4. The first-order chi connectivity index (χ1) is 13.1. The lowest BCUT2D eigenvalue weighted by molar-refractivity contribution is -0.125. The van der Waals surface area contributed by atoms with Gasteiger partial charge in [0, 0.05) is 12.0 Å². The molecule has 3 atom stereocenters. The van der Waals surface area contributed by atoms with E-state index in [9.17, 15) is 4.79 Å². The Balaban J connectivity index is 0.00000280. The van der Waals surface area contributed by atoms with E-state index in [1.807, 2.05) is 48.5 Å². The molecule has 2 aromatic rings. The van der Waals surface area contributed by atoms with Crippen LogP contribution in [0.5, 0.6) is 11.5 Å². The van der Waals surface area contributed by atoms with Crippen LogP contribution in [0.3, 0.4) is 0 Å². The highest BCUT2D eigenvalue weighted by atomic mass is 35.5. The van der Waals surface area contributed by atoms with Gasteiger partial charge in [-0.15, -0.1) is 12.4 Å². The van der Waals surface area contributed by atoms with Gasteiger partial charge in [0.25, 0.3) is 0 Å². The quantitative estimate of drug-likeness (QED) is 0.738. The highest BCUT2D eigenvalue weighted by Gasteiger charge is 2.29. The first-order valence-electron chi connectivity index (χ1n) is 9.42. The molecule has 0 radical (unpaired) electrons. The van der Waals surface area contributed by atoms with Crippen molar-refractivity contribution in [3.8, 4) is 11.5 Å². The molecule has 0 aliphatic heterocycles. The Morgan fingerprint density at radius 2 is 1.82 bits per heavy atom. The summed E-state index contributed by atoms with van der Waals surface area (Å²) in [6.07, 6.45) is 3.23. The maximum absolute atomic E-state index is 12.8. The average molecular weight is 405 g/mol. The minimum Gasteiger partial charge on any atom is -0.493 e. The first kappa shape index (κ1) is 22.1. The van der Waals surface area contributed by atoms with Gasteiger partial charge in [-0.25, -0.2) is 0 Å². The van der Waals surface area contributed by atoms with Gasteiger partial charge in [0.1, 0.15) is 0 Å². The van der Waals surface area contributed by atoms with E-state index in [1.54, 1.807) is 14.2 Å². The van der Waals surface area contributed by atoms with E-state index < -0.39 is 0 Å². The van der Waals surface area contributed by atoms with Crippen LogP contribution < -0.4 is 20.5 Å². The molecule has 0 heterocycles. The van der Waals surface area contributed by atoms with Crippen molar-refractivity contribution in [2.24, 2.45) is 11.7 Å². The molecule has 2 aromatic carbocycles. The molecule has 0 saturated heterocycles. The van der Waals surface area contributed by atoms with Crippen LogP contribution in [0, 0.1) is 5.92 Å². The summed E-state index contributed by atoms with van der Waals surface area (Å²) in [4.78, 5) is 12.8. The number of halogens is 1. The summed E-state index contributed by atoms with van der Waals surface area (Å²) < 4.78 is 10.7. The summed E-state index contributed by atoms with van der Waals surface area (Å²) in [6, 6.07) is 16.0. The van der Waals surface area contributed by atoms with Gasteiger partial charge in [-0.3, -0.25) is 4.79 Å². The van der Waals surface area contributed by atoms with E-state index >= 15 is 0 Å². The molecule has 0 bridgehead atoms. The normalized spacial score (nSPS) is 19.4. The van der Waals surface area contributed by atoms with Crippen LogP contribution >= 0.6 is 12.4 Å². The fraction of sp³-hybridized carbons (Fsp3) is 0.409. The molecule has 1 amide bonds. The largest absolute Gasteiger partial charge is 0.493 e. The number of benzene rings is 2. The van der Waals surface area contributed by atoms with Crippen molar-refractivity contribution < 1.29 is 14.3 Å². The Labute approximate surface area is 173 Å². The van der Waals surface area contributed by atoms with Crippen LogP contribution in [-0.2, 0) is 11.2 Å². The van der Waals surface area contributed by atoms with Crippen molar-refractivity contribution in [2.45, 2.75) is 37.8 Å². The molecule has 0 aromatic heterocycles. The number of carbonyl (C=O) groups excluding carboxylic acids is 1. The standard InChI is InChI=1S/C22H28N2O3.ClH/c1-26-20-11-8-15(13-21(20)27-2)12-19(16-6-4-3-5-7-16)24-22(25)17-9-10-18(23)14-17;/h3-8,11,13,17-19H,9-10,12,14,23H2,1-2H3,(H,24,25);1H. The SMILES string of the molecule is COc1ccc(CC(NC(=O)C2CCC(N)C2)c2ccccc2)cc1OC.Cl. The topological polar surface area (TPSA) is 73.6 Å². The van der Waals surface area contributed by atoms with Gasteiger partial charge in [-0.2, -0.15) is 0 Å². The smallest absolute Gasteiger partial charge is 0.223 e. The maximum Gasteiger partial charge on any atom is 0.223 e. The fourth-order valence-corrected chi connectivity index (χ4v) is 3.72. The molecule has 1 aliphatic rings. The Morgan fingerprint density at radius 1 is 1.11 bits per heavy atom. The number of methoxy groups -OCH3 is 2. The van der Waals surface area contributed by atoms with Crippen molar-refractivity contribution in [1.29, 1.82) is 0 Å². The zero-order chi connectivity index (χ0) is 19.2. The molecule has 3 unspecified atom stereocenters. The third-order valence-electron chi connectivity index (χ3n) is 5.25.